The van der Waals surface area contributed by atoms with E-state index < -0.39 is 39.6 Å². The van der Waals surface area contributed by atoms with Crippen LogP contribution in [0.25, 0.3) is 0 Å². The van der Waals surface area contributed by atoms with Gasteiger partial charge < -0.3 is 4.74 Å². The molecule has 0 radical (unpaired) electrons. The van der Waals surface area contributed by atoms with Crippen molar-refractivity contribution in [3.63, 3.8) is 0 Å². The number of halogens is 3. The van der Waals surface area contributed by atoms with Crippen LogP contribution in [0.1, 0.15) is 10.4 Å². The maximum atomic E-state index is 13.6. The Morgan fingerprint density at radius 3 is 2.43 bits per heavy atom. The van der Waals surface area contributed by atoms with Crippen LogP contribution in [0, 0.1) is 27.6 Å². The third-order valence-electron chi connectivity index (χ3n) is 2.53. The molecule has 108 valence electrons. The van der Waals surface area contributed by atoms with E-state index in [-0.39, 0.29) is 11.8 Å². The molecule has 0 aliphatic heterocycles. The molecule has 2 aromatic carbocycles. The third-order valence-corrected chi connectivity index (χ3v) is 2.53. The van der Waals surface area contributed by atoms with E-state index in [1.54, 1.807) is 0 Å². The van der Waals surface area contributed by atoms with Gasteiger partial charge in [-0.3, -0.25) is 14.9 Å². The number of benzene rings is 2. The number of aldehydes is 1. The van der Waals surface area contributed by atoms with Crippen molar-refractivity contribution < 1.29 is 27.6 Å². The van der Waals surface area contributed by atoms with Crippen LogP contribution in [0.15, 0.2) is 30.3 Å². The number of nitro benzene ring substituents is 1. The highest BCUT2D eigenvalue weighted by molar-refractivity contribution is 5.79. The van der Waals surface area contributed by atoms with Gasteiger partial charge in [0.05, 0.1) is 16.6 Å². The van der Waals surface area contributed by atoms with Gasteiger partial charge in [-0.15, -0.1) is 0 Å². The summed E-state index contributed by atoms with van der Waals surface area (Å²) in [4.78, 5) is 20.1. The first kappa shape index (κ1) is 14.5. The molecule has 0 bridgehead atoms. The van der Waals surface area contributed by atoms with E-state index in [0.717, 1.165) is 6.07 Å². The van der Waals surface area contributed by atoms with Crippen LogP contribution in [0.3, 0.4) is 0 Å². The number of hydrogen-bond donors (Lipinski definition) is 0. The predicted octanol–water partition coefficient (Wildman–Crippen LogP) is 3.62. The summed E-state index contributed by atoms with van der Waals surface area (Å²) in [6.45, 7) is 0. The Labute approximate surface area is 115 Å². The van der Waals surface area contributed by atoms with Gasteiger partial charge in [-0.2, -0.15) is 4.39 Å². The lowest BCUT2D eigenvalue weighted by Crippen LogP contribution is -1.99. The molecular weight excluding hydrogens is 291 g/mol. The minimum absolute atomic E-state index is 0.215. The van der Waals surface area contributed by atoms with Crippen molar-refractivity contribution in [2.45, 2.75) is 0 Å². The lowest BCUT2D eigenvalue weighted by molar-refractivity contribution is -0.387. The highest BCUT2D eigenvalue weighted by atomic mass is 19.1. The zero-order valence-electron chi connectivity index (χ0n) is 10.2. The summed E-state index contributed by atoms with van der Waals surface area (Å²) in [6.07, 6.45) is 0.276. The normalized spacial score (nSPS) is 10.2. The van der Waals surface area contributed by atoms with E-state index in [0.29, 0.717) is 12.1 Å². The molecule has 0 fully saturated rings. The van der Waals surface area contributed by atoms with E-state index in [1.807, 2.05) is 0 Å². The van der Waals surface area contributed by atoms with Gasteiger partial charge in [-0.1, -0.05) is 6.07 Å². The third kappa shape index (κ3) is 2.83. The molecule has 8 heteroatoms. The van der Waals surface area contributed by atoms with Crippen molar-refractivity contribution in [1.82, 2.24) is 0 Å². The average molecular weight is 297 g/mol. The molecule has 0 aliphatic carbocycles. The highest BCUT2D eigenvalue weighted by Crippen LogP contribution is 2.32. The molecule has 0 aliphatic rings. The summed E-state index contributed by atoms with van der Waals surface area (Å²) in [7, 11) is 0. The van der Waals surface area contributed by atoms with E-state index in [4.69, 9.17) is 4.74 Å². The smallest absolute Gasteiger partial charge is 0.307 e. The van der Waals surface area contributed by atoms with Crippen LogP contribution in [0.2, 0.25) is 0 Å². The summed E-state index contributed by atoms with van der Waals surface area (Å²) in [5, 5.41) is 10.4. The van der Waals surface area contributed by atoms with Crippen LogP contribution in [0.4, 0.5) is 18.9 Å². The SMILES string of the molecule is O=Cc1cccc(F)c1Oc1cc(F)c([N+](=O)[O-])cc1F. The summed E-state index contributed by atoms with van der Waals surface area (Å²) in [5.74, 6) is -4.94. The maximum absolute atomic E-state index is 13.6. The number of rotatable bonds is 4. The molecule has 0 saturated carbocycles. The van der Waals surface area contributed by atoms with Crippen LogP contribution in [-0.4, -0.2) is 11.2 Å². The van der Waals surface area contributed by atoms with Crippen molar-refractivity contribution in [2.75, 3.05) is 0 Å². The number of nitrogens with zero attached hydrogens (tertiary/aromatic N) is 1. The molecular formula is C13H6F3NO4. The zero-order valence-corrected chi connectivity index (χ0v) is 10.2. The molecule has 0 aromatic heterocycles. The first-order chi connectivity index (χ1) is 9.93. The Balaban J connectivity index is 2.48. The highest BCUT2D eigenvalue weighted by Gasteiger charge is 2.21. The van der Waals surface area contributed by atoms with Gasteiger partial charge >= 0.3 is 5.69 Å². The van der Waals surface area contributed by atoms with Gasteiger partial charge in [0.2, 0.25) is 5.82 Å². The van der Waals surface area contributed by atoms with Crippen LogP contribution < -0.4 is 4.74 Å². The Bertz CT molecular complexity index is 734. The molecule has 2 aromatic rings. The minimum Gasteiger partial charge on any atom is -0.450 e. The lowest BCUT2D eigenvalue weighted by Gasteiger charge is -2.09. The standard InChI is InChI=1S/C13H6F3NO4/c14-8-3-1-2-7(6-18)13(8)21-12-5-9(15)11(17(19)20)4-10(12)16/h1-6H. The first-order valence-corrected chi connectivity index (χ1v) is 5.49. The van der Waals surface area contributed by atoms with Crippen LogP contribution in [-0.2, 0) is 0 Å². The monoisotopic (exact) mass is 297 g/mol. The van der Waals surface area contributed by atoms with Gasteiger partial charge in [0.15, 0.2) is 29.4 Å². The fraction of sp³-hybridized carbons (Fsp3) is 0. The molecule has 0 amide bonds. The molecule has 2 rings (SSSR count). The van der Waals surface area contributed by atoms with Gasteiger partial charge in [-0.25, -0.2) is 8.78 Å². The van der Waals surface area contributed by atoms with Crippen molar-refractivity contribution in [3.8, 4) is 11.5 Å². The summed E-state index contributed by atoms with van der Waals surface area (Å²) < 4.78 is 45.4. The maximum Gasteiger partial charge on any atom is 0.307 e. The number of hydrogen-bond acceptors (Lipinski definition) is 4. The second kappa shape index (κ2) is 5.61. The second-order valence-electron chi connectivity index (χ2n) is 3.87. The molecule has 0 heterocycles. The van der Waals surface area contributed by atoms with E-state index >= 15 is 0 Å². The predicted molar refractivity (Wildman–Crippen MR) is 64.9 cm³/mol. The molecule has 0 atom stereocenters. The molecule has 0 spiro atoms. The topological polar surface area (TPSA) is 69.4 Å². The molecule has 0 unspecified atom stereocenters. The largest absolute Gasteiger partial charge is 0.450 e. The quantitative estimate of drug-likeness (QED) is 0.491. The molecule has 0 saturated heterocycles. The Kier molecular flexibility index (Phi) is 3.88. The average Bonchev–Trinajstić information content (AvgIpc) is 2.44. The van der Waals surface area contributed by atoms with Crippen LogP contribution >= 0.6 is 0 Å². The molecule has 0 N–H and O–H groups in total. The minimum atomic E-state index is -1.35. The van der Waals surface area contributed by atoms with Crippen molar-refractivity contribution in [1.29, 1.82) is 0 Å². The first-order valence-electron chi connectivity index (χ1n) is 5.49. The summed E-state index contributed by atoms with van der Waals surface area (Å²) >= 11 is 0. The number of carbonyl (C=O) groups is 1. The van der Waals surface area contributed by atoms with Crippen molar-refractivity contribution in [3.05, 3.63) is 63.5 Å². The molecule has 5 nitrogen and oxygen atoms in total. The number of ether oxygens (including phenoxy) is 1. The number of carbonyl (C=O) groups excluding carboxylic acids is 1. The summed E-state index contributed by atoms with van der Waals surface area (Å²) in [6, 6.07) is 4.13. The molecule has 21 heavy (non-hydrogen) atoms. The Hall–Kier alpha value is -2.90. The lowest BCUT2D eigenvalue weighted by atomic mass is 10.2. The Morgan fingerprint density at radius 1 is 1.10 bits per heavy atom. The number of nitro groups is 1. The fourth-order valence-corrected chi connectivity index (χ4v) is 1.57. The van der Waals surface area contributed by atoms with E-state index in [9.17, 15) is 28.1 Å². The zero-order chi connectivity index (χ0) is 15.6. The summed E-state index contributed by atoms with van der Waals surface area (Å²) in [5.41, 5.74) is -1.29. The van der Waals surface area contributed by atoms with Crippen LogP contribution in [0.5, 0.6) is 11.5 Å². The fourth-order valence-electron chi connectivity index (χ4n) is 1.57. The second-order valence-corrected chi connectivity index (χ2v) is 3.87. The van der Waals surface area contributed by atoms with E-state index in [1.165, 1.54) is 12.1 Å². The number of para-hydroxylation sites is 1. The van der Waals surface area contributed by atoms with Gasteiger partial charge in [0.1, 0.15) is 0 Å². The van der Waals surface area contributed by atoms with Crippen molar-refractivity contribution in [2.24, 2.45) is 0 Å². The van der Waals surface area contributed by atoms with Crippen molar-refractivity contribution >= 4 is 12.0 Å². The Morgan fingerprint density at radius 2 is 1.81 bits per heavy atom. The van der Waals surface area contributed by atoms with Gasteiger partial charge in [-0.05, 0) is 12.1 Å². The van der Waals surface area contributed by atoms with E-state index in [2.05, 4.69) is 0 Å². The van der Waals surface area contributed by atoms with Gasteiger partial charge in [0.25, 0.3) is 0 Å². The van der Waals surface area contributed by atoms with Gasteiger partial charge in [0, 0.05) is 6.07 Å².